The lowest BCUT2D eigenvalue weighted by atomic mass is 9.93. The van der Waals surface area contributed by atoms with Crippen molar-refractivity contribution in [1.29, 1.82) is 0 Å². The second-order valence-corrected chi connectivity index (χ2v) is 6.91. The van der Waals surface area contributed by atoms with Crippen molar-refractivity contribution in [1.82, 2.24) is 0 Å². The average Bonchev–Trinajstić information content (AvgIpc) is 3.34. The third-order valence-electron chi connectivity index (χ3n) is 5.08. The SMILES string of the molecule is CCOc1cc(C2=NOC3(CCOC3)C2)ccc1OC1CCCC1. The average molecular weight is 331 g/mol. The van der Waals surface area contributed by atoms with Gasteiger partial charge < -0.3 is 19.0 Å². The molecule has 1 atom stereocenters. The number of oxime groups is 1. The van der Waals surface area contributed by atoms with E-state index in [1.54, 1.807) is 0 Å². The molecule has 0 radical (unpaired) electrons. The van der Waals surface area contributed by atoms with Gasteiger partial charge in [0, 0.05) is 18.4 Å². The molecular weight excluding hydrogens is 306 g/mol. The maximum absolute atomic E-state index is 6.15. The lowest BCUT2D eigenvalue weighted by Crippen LogP contribution is -2.29. The van der Waals surface area contributed by atoms with Crippen LogP contribution in [0.3, 0.4) is 0 Å². The molecule has 2 fully saturated rings. The molecule has 130 valence electrons. The van der Waals surface area contributed by atoms with Gasteiger partial charge in [0.05, 0.1) is 31.6 Å². The molecule has 0 aromatic heterocycles. The van der Waals surface area contributed by atoms with E-state index < -0.39 is 0 Å². The summed E-state index contributed by atoms with van der Waals surface area (Å²) in [6, 6.07) is 6.10. The van der Waals surface area contributed by atoms with E-state index in [2.05, 4.69) is 11.2 Å². The first-order chi connectivity index (χ1) is 11.8. The second-order valence-electron chi connectivity index (χ2n) is 6.91. The summed E-state index contributed by atoms with van der Waals surface area (Å²) in [5.41, 5.74) is 1.76. The summed E-state index contributed by atoms with van der Waals surface area (Å²) < 4.78 is 17.5. The van der Waals surface area contributed by atoms with Gasteiger partial charge in [-0.3, -0.25) is 0 Å². The molecule has 1 aliphatic carbocycles. The monoisotopic (exact) mass is 331 g/mol. The fraction of sp³-hybridized carbons (Fsp3) is 0.632. The molecule has 2 aliphatic heterocycles. The Bertz CT molecular complexity index is 616. The molecule has 1 aromatic carbocycles. The van der Waals surface area contributed by atoms with Crippen molar-refractivity contribution in [2.24, 2.45) is 5.16 Å². The Kier molecular flexibility index (Phi) is 4.35. The van der Waals surface area contributed by atoms with Crippen molar-refractivity contribution < 1.29 is 19.0 Å². The van der Waals surface area contributed by atoms with Crippen LogP contribution in [0.5, 0.6) is 11.5 Å². The molecule has 1 saturated heterocycles. The van der Waals surface area contributed by atoms with E-state index in [4.69, 9.17) is 19.0 Å². The smallest absolute Gasteiger partial charge is 0.168 e. The highest BCUT2D eigenvalue weighted by Gasteiger charge is 2.43. The van der Waals surface area contributed by atoms with E-state index >= 15 is 0 Å². The van der Waals surface area contributed by atoms with Crippen LogP contribution in [-0.2, 0) is 9.57 Å². The molecule has 0 N–H and O–H groups in total. The highest BCUT2D eigenvalue weighted by Crippen LogP contribution is 2.37. The third-order valence-corrected chi connectivity index (χ3v) is 5.08. The van der Waals surface area contributed by atoms with Crippen LogP contribution < -0.4 is 9.47 Å². The minimum Gasteiger partial charge on any atom is -0.490 e. The van der Waals surface area contributed by atoms with Gasteiger partial charge in [-0.25, -0.2) is 0 Å². The summed E-state index contributed by atoms with van der Waals surface area (Å²) in [5.74, 6) is 1.64. The van der Waals surface area contributed by atoms with Crippen LogP contribution in [0, 0.1) is 0 Å². The molecule has 1 spiro atoms. The van der Waals surface area contributed by atoms with Gasteiger partial charge in [-0.05, 0) is 50.8 Å². The molecule has 5 nitrogen and oxygen atoms in total. The van der Waals surface area contributed by atoms with E-state index in [1.165, 1.54) is 12.8 Å². The van der Waals surface area contributed by atoms with Crippen LogP contribution >= 0.6 is 0 Å². The minimum atomic E-state index is -0.250. The second kappa shape index (κ2) is 6.63. The molecule has 5 heteroatoms. The number of benzene rings is 1. The van der Waals surface area contributed by atoms with Gasteiger partial charge >= 0.3 is 0 Å². The van der Waals surface area contributed by atoms with Crippen LogP contribution in [0.25, 0.3) is 0 Å². The number of ether oxygens (including phenoxy) is 3. The quantitative estimate of drug-likeness (QED) is 0.826. The van der Waals surface area contributed by atoms with E-state index in [-0.39, 0.29) is 5.60 Å². The maximum atomic E-state index is 6.15. The van der Waals surface area contributed by atoms with E-state index in [9.17, 15) is 0 Å². The van der Waals surface area contributed by atoms with E-state index in [0.717, 1.165) is 55.1 Å². The molecule has 1 aromatic rings. The Hall–Kier alpha value is -1.75. The standard InChI is InChI=1S/C19H25NO4/c1-2-22-18-11-14(7-8-17(18)23-15-5-3-4-6-15)16-12-19(24-20-16)9-10-21-13-19/h7-8,11,15H,2-6,9-10,12-13H2,1H3. The normalized spacial score (nSPS) is 26.6. The number of hydrogen-bond acceptors (Lipinski definition) is 5. The Balaban J connectivity index is 1.52. The molecule has 4 rings (SSSR count). The third kappa shape index (κ3) is 3.09. The lowest BCUT2D eigenvalue weighted by molar-refractivity contribution is -0.0237. The summed E-state index contributed by atoms with van der Waals surface area (Å²) in [6.07, 6.45) is 6.80. The van der Waals surface area contributed by atoms with Crippen LogP contribution in [0.1, 0.15) is 51.0 Å². The molecule has 0 amide bonds. The highest BCUT2D eigenvalue weighted by atomic mass is 16.7. The first-order valence-electron chi connectivity index (χ1n) is 9.05. The first-order valence-corrected chi connectivity index (χ1v) is 9.05. The van der Waals surface area contributed by atoms with Crippen molar-refractivity contribution in [3.8, 4) is 11.5 Å². The summed E-state index contributed by atoms with van der Waals surface area (Å²) in [5, 5.41) is 4.32. The van der Waals surface area contributed by atoms with E-state index in [0.29, 0.717) is 19.3 Å². The summed E-state index contributed by atoms with van der Waals surface area (Å²) in [4.78, 5) is 5.70. The van der Waals surface area contributed by atoms with Gasteiger partial charge in [0.1, 0.15) is 0 Å². The summed E-state index contributed by atoms with van der Waals surface area (Å²) in [6.45, 7) is 3.99. The fourth-order valence-electron chi connectivity index (χ4n) is 3.72. The molecule has 24 heavy (non-hydrogen) atoms. The maximum Gasteiger partial charge on any atom is 0.168 e. The minimum absolute atomic E-state index is 0.250. The van der Waals surface area contributed by atoms with Gasteiger partial charge in [-0.15, -0.1) is 0 Å². The van der Waals surface area contributed by atoms with Gasteiger partial charge in [-0.2, -0.15) is 0 Å². The number of hydrogen-bond donors (Lipinski definition) is 0. The van der Waals surface area contributed by atoms with E-state index in [1.807, 2.05) is 19.1 Å². The highest BCUT2D eigenvalue weighted by molar-refractivity contribution is 6.02. The first kappa shape index (κ1) is 15.8. The summed E-state index contributed by atoms with van der Waals surface area (Å²) >= 11 is 0. The zero-order chi connectivity index (χ0) is 16.4. The molecule has 1 unspecified atom stereocenters. The van der Waals surface area contributed by atoms with Crippen LogP contribution in [-0.4, -0.2) is 37.2 Å². The van der Waals surface area contributed by atoms with Gasteiger partial charge in [0.15, 0.2) is 17.1 Å². The fourth-order valence-corrected chi connectivity index (χ4v) is 3.72. The zero-order valence-corrected chi connectivity index (χ0v) is 14.3. The van der Waals surface area contributed by atoms with Gasteiger partial charge in [0.25, 0.3) is 0 Å². The van der Waals surface area contributed by atoms with Crippen molar-refractivity contribution in [2.75, 3.05) is 19.8 Å². The lowest BCUT2D eigenvalue weighted by Gasteiger charge is -2.18. The van der Waals surface area contributed by atoms with Crippen LogP contribution in [0.4, 0.5) is 0 Å². The van der Waals surface area contributed by atoms with Crippen molar-refractivity contribution in [3.63, 3.8) is 0 Å². The Morgan fingerprint density at radius 3 is 2.88 bits per heavy atom. The number of nitrogens with zero attached hydrogens (tertiary/aromatic N) is 1. The zero-order valence-electron chi connectivity index (χ0n) is 14.3. The van der Waals surface area contributed by atoms with Crippen molar-refractivity contribution in [3.05, 3.63) is 23.8 Å². The van der Waals surface area contributed by atoms with Gasteiger partial charge in [-0.1, -0.05) is 5.16 Å². The predicted octanol–water partition coefficient (Wildman–Crippen LogP) is 3.69. The Morgan fingerprint density at radius 1 is 1.25 bits per heavy atom. The molecular formula is C19H25NO4. The van der Waals surface area contributed by atoms with Crippen LogP contribution in [0.15, 0.2) is 23.4 Å². The number of rotatable bonds is 5. The Labute approximate surface area is 142 Å². The topological polar surface area (TPSA) is 49.3 Å². The molecule has 0 bridgehead atoms. The van der Waals surface area contributed by atoms with Crippen LogP contribution in [0.2, 0.25) is 0 Å². The largest absolute Gasteiger partial charge is 0.490 e. The van der Waals surface area contributed by atoms with Gasteiger partial charge in [0.2, 0.25) is 0 Å². The molecule has 1 saturated carbocycles. The van der Waals surface area contributed by atoms with Crippen molar-refractivity contribution >= 4 is 5.71 Å². The van der Waals surface area contributed by atoms with Crippen molar-refractivity contribution in [2.45, 2.75) is 57.2 Å². The molecule has 3 aliphatic rings. The molecule has 2 heterocycles. The Morgan fingerprint density at radius 2 is 2.12 bits per heavy atom. The summed E-state index contributed by atoms with van der Waals surface area (Å²) in [7, 11) is 0. The predicted molar refractivity (Wildman–Crippen MR) is 90.9 cm³/mol.